The third-order valence-electron chi connectivity index (χ3n) is 2.40. The minimum Gasteiger partial charge on any atom is -0.442 e. The van der Waals surface area contributed by atoms with E-state index in [9.17, 15) is 4.79 Å². The molecule has 0 atom stereocenters. The van der Waals surface area contributed by atoms with Gasteiger partial charge in [0.2, 0.25) is 0 Å². The van der Waals surface area contributed by atoms with Gasteiger partial charge in [-0.3, -0.25) is 5.01 Å². The Morgan fingerprint density at radius 1 is 1.32 bits per heavy atom. The SMILES string of the molecule is C=CCN(C(=O)OC(C)(C)C)N(C)c1ccccc1. The van der Waals surface area contributed by atoms with Gasteiger partial charge in [0.25, 0.3) is 0 Å². The molecule has 1 aromatic carbocycles. The van der Waals surface area contributed by atoms with Gasteiger partial charge in [0, 0.05) is 7.05 Å². The highest BCUT2D eigenvalue weighted by Crippen LogP contribution is 2.17. The van der Waals surface area contributed by atoms with Gasteiger partial charge in [0.05, 0.1) is 12.2 Å². The lowest BCUT2D eigenvalue weighted by Gasteiger charge is -2.34. The van der Waals surface area contributed by atoms with Crippen LogP contribution in [0.25, 0.3) is 0 Å². The van der Waals surface area contributed by atoms with Crippen LogP contribution in [0.15, 0.2) is 43.0 Å². The summed E-state index contributed by atoms with van der Waals surface area (Å²) < 4.78 is 5.39. The second-order valence-corrected chi connectivity index (χ2v) is 5.21. The number of hydrogen-bond donors (Lipinski definition) is 0. The van der Waals surface area contributed by atoms with E-state index in [2.05, 4.69) is 6.58 Å². The fraction of sp³-hybridized carbons (Fsp3) is 0.400. The Bertz CT molecular complexity index is 424. The van der Waals surface area contributed by atoms with E-state index in [0.717, 1.165) is 5.69 Å². The average Bonchev–Trinajstić information content (AvgIpc) is 2.34. The van der Waals surface area contributed by atoms with Crippen molar-refractivity contribution >= 4 is 11.8 Å². The second kappa shape index (κ2) is 6.27. The lowest BCUT2D eigenvalue weighted by molar-refractivity contribution is 0.0260. The third-order valence-corrected chi connectivity index (χ3v) is 2.40. The molecular formula is C15H22N2O2. The van der Waals surface area contributed by atoms with Crippen LogP contribution in [0.3, 0.4) is 0 Å². The Labute approximate surface area is 115 Å². The number of anilines is 1. The first-order valence-electron chi connectivity index (χ1n) is 6.25. The molecule has 19 heavy (non-hydrogen) atoms. The number of ether oxygens (including phenoxy) is 1. The topological polar surface area (TPSA) is 32.8 Å². The van der Waals surface area contributed by atoms with Gasteiger partial charge >= 0.3 is 6.09 Å². The van der Waals surface area contributed by atoms with Gasteiger partial charge in [-0.15, -0.1) is 6.58 Å². The van der Waals surface area contributed by atoms with Crippen molar-refractivity contribution in [3.63, 3.8) is 0 Å². The largest absolute Gasteiger partial charge is 0.442 e. The summed E-state index contributed by atoms with van der Waals surface area (Å²) >= 11 is 0. The lowest BCUT2D eigenvalue weighted by atomic mass is 10.2. The van der Waals surface area contributed by atoms with Gasteiger partial charge in [0.15, 0.2) is 0 Å². The van der Waals surface area contributed by atoms with Crippen LogP contribution in [-0.4, -0.2) is 30.3 Å². The van der Waals surface area contributed by atoms with Crippen molar-refractivity contribution in [3.8, 4) is 0 Å². The van der Waals surface area contributed by atoms with Crippen molar-refractivity contribution in [1.82, 2.24) is 5.01 Å². The molecule has 0 radical (unpaired) electrons. The van der Waals surface area contributed by atoms with Gasteiger partial charge in [-0.05, 0) is 32.9 Å². The van der Waals surface area contributed by atoms with Crippen LogP contribution < -0.4 is 5.01 Å². The molecule has 4 heteroatoms. The van der Waals surface area contributed by atoms with E-state index in [4.69, 9.17) is 4.74 Å². The molecule has 0 aliphatic carbocycles. The van der Waals surface area contributed by atoms with Crippen molar-refractivity contribution in [2.45, 2.75) is 26.4 Å². The first-order valence-corrected chi connectivity index (χ1v) is 6.25. The van der Waals surface area contributed by atoms with Crippen molar-refractivity contribution in [2.24, 2.45) is 0 Å². The smallest absolute Gasteiger partial charge is 0.429 e. The zero-order valence-electron chi connectivity index (χ0n) is 12.1. The fourth-order valence-electron chi connectivity index (χ4n) is 1.54. The molecule has 0 N–H and O–H groups in total. The van der Waals surface area contributed by atoms with Gasteiger partial charge < -0.3 is 4.74 Å². The van der Waals surface area contributed by atoms with Crippen LogP contribution in [0.4, 0.5) is 10.5 Å². The highest BCUT2D eigenvalue weighted by atomic mass is 16.6. The summed E-state index contributed by atoms with van der Waals surface area (Å²) in [5.41, 5.74) is 0.392. The number of carbonyl (C=O) groups excluding carboxylic acids is 1. The number of rotatable bonds is 4. The highest BCUT2D eigenvalue weighted by molar-refractivity contribution is 5.71. The predicted octanol–water partition coefficient (Wildman–Crippen LogP) is 3.46. The molecule has 0 spiro atoms. The summed E-state index contributed by atoms with van der Waals surface area (Å²) in [6.45, 7) is 9.61. The number of carbonyl (C=O) groups is 1. The van der Waals surface area contributed by atoms with E-state index in [0.29, 0.717) is 6.54 Å². The van der Waals surface area contributed by atoms with Crippen LogP contribution >= 0.6 is 0 Å². The molecule has 0 heterocycles. The minimum absolute atomic E-state index is 0.389. The maximum Gasteiger partial charge on any atom is 0.429 e. The Morgan fingerprint density at radius 2 is 1.89 bits per heavy atom. The van der Waals surface area contributed by atoms with Gasteiger partial charge in [-0.25, -0.2) is 9.80 Å². The highest BCUT2D eigenvalue weighted by Gasteiger charge is 2.24. The van der Waals surface area contributed by atoms with Crippen molar-refractivity contribution < 1.29 is 9.53 Å². The first-order chi connectivity index (χ1) is 8.85. The number of hydrogen-bond acceptors (Lipinski definition) is 3. The summed E-state index contributed by atoms with van der Waals surface area (Å²) in [7, 11) is 1.82. The number of nitrogens with zero attached hydrogens (tertiary/aromatic N) is 2. The Morgan fingerprint density at radius 3 is 2.37 bits per heavy atom. The molecule has 0 bridgehead atoms. The van der Waals surface area contributed by atoms with E-state index in [1.165, 1.54) is 5.01 Å². The molecule has 104 valence electrons. The van der Waals surface area contributed by atoms with Crippen molar-refractivity contribution in [1.29, 1.82) is 0 Å². The van der Waals surface area contributed by atoms with Crippen molar-refractivity contribution in [2.75, 3.05) is 18.6 Å². The quantitative estimate of drug-likeness (QED) is 0.615. The number of para-hydroxylation sites is 1. The summed E-state index contributed by atoms with van der Waals surface area (Å²) in [6, 6.07) is 9.64. The summed E-state index contributed by atoms with van der Waals surface area (Å²) in [5, 5.41) is 3.27. The standard InChI is InChI=1S/C15H22N2O2/c1-6-12-17(14(18)19-15(2,3)4)16(5)13-10-8-7-9-11-13/h6-11H,1,12H2,2-5H3. The first kappa shape index (κ1) is 15.1. The molecular weight excluding hydrogens is 240 g/mol. The molecule has 0 aromatic heterocycles. The molecule has 1 rings (SSSR count). The van der Waals surface area contributed by atoms with Crippen LogP contribution in [-0.2, 0) is 4.74 Å². The molecule has 1 aromatic rings. The molecule has 0 saturated carbocycles. The molecule has 0 aliphatic heterocycles. The average molecular weight is 262 g/mol. The number of amides is 1. The summed E-state index contributed by atoms with van der Waals surface area (Å²) in [4.78, 5) is 12.2. The fourth-order valence-corrected chi connectivity index (χ4v) is 1.54. The Hall–Kier alpha value is -1.97. The molecule has 0 aliphatic rings. The monoisotopic (exact) mass is 262 g/mol. The predicted molar refractivity (Wildman–Crippen MR) is 78.0 cm³/mol. The maximum absolute atomic E-state index is 12.2. The van der Waals surface area contributed by atoms with E-state index in [1.807, 2.05) is 58.2 Å². The Balaban J connectivity index is 2.88. The van der Waals surface area contributed by atoms with Gasteiger partial charge in [-0.1, -0.05) is 24.3 Å². The van der Waals surface area contributed by atoms with Gasteiger partial charge in [0.1, 0.15) is 5.60 Å². The number of hydrazine groups is 1. The van der Waals surface area contributed by atoms with Crippen LogP contribution in [0, 0.1) is 0 Å². The van der Waals surface area contributed by atoms with Crippen molar-refractivity contribution in [3.05, 3.63) is 43.0 Å². The molecule has 0 saturated heterocycles. The van der Waals surface area contributed by atoms with E-state index in [-0.39, 0.29) is 0 Å². The number of benzene rings is 1. The van der Waals surface area contributed by atoms with Crippen LogP contribution in [0.2, 0.25) is 0 Å². The minimum atomic E-state index is -0.520. The maximum atomic E-state index is 12.2. The van der Waals surface area contributed by atoms with E-state index >= 15 is 0 Å². The molecule has 0 fully saturated rings. The Kier molecular flexibility index (Phi) is 4.98. The summed E-state index contributed by atoms with van der Waals surface area (Å²) in [5.74, 6) is 0. The van der Waals surface area contributed by atoms with Gasteiger partial charge in [-0.2, -0.15) is 0 Å². The molecule has 4 nitrogen and oxygen atoms in total. The van der Waals surface area contributed by atoms with E-state index in [1.54, 1.807) is 11.1 Å². The van der Waals surface area contributed by atoms with Crippen LogP contribution in [0.1, 0.15) is 20.8 Å². The third kappa shape index (κ3) is 4.66. The zero-order valence-corrected chi connectivity index (χ0v) is 12.1. The summed E-state index contributed by atoms with van der Waals surface area (Å²) in [6.07, 6.45) is 1.28. The molecule has 1 amide bonds. The molecule has 0 unspecified atom stereocenters. The lowest BCUT2D eigenvalue weighted by Crippen LogP contribution is -2.46. The van der Waals surface area contributed by atoms with Crippen LogP contribution in [0.5, 0.6) is 0 Å². The normalized spacial score (nSPS) is 10.7. The second-order valence-electron chi connectivity index (χ2n) is 5.21. The zero-order chi connectivity index (χ0) is 14.5. The van der Waals surface area contributed by atoms with E-state index < -0.39 is 11.7 Å².